The van der Waals surface area contributed by atoms with Crippen molar-refractivity contribution in [3.63, 3.8) is 0 Å². The van der Waals surface area contributed by atoms with Crippen molar-refractivity contribution in [2.45, 2.75) is 0 Å². The van der Waals surface area contributed by atoms with Crippen molar-refractivity contribution in [1.29, 1.82) is 0 Å². The van der Waals surface area contributed by atoms with Crippen LogP contribution in [0.5, 0.6) is 0 Å². The fraction of sp³-hybridized carbons (Fsp3) is 0. The van der Waals surface area contributed by atoms with Crippen LogP contribution in [0.4, 0.5) is 4.70 Å². The minimum Gasteiger partial charge on any atom is -0.402 e. The summed E-state index contributed by atoms with van der Waals surface area (Å²) in [5.41, 5.74) is 0. The summed E-state index contributed by atoms with van der Waals surface area (Å²) in [6.45, 7) is 0. The lowest BCUT2D eigenvalue weighted by molar-refractivity contribution is 0.278. The number of halogens is 1. The first-order valence-corrected chi connectivity index (χ1v) is 0.775. The lowest BCUT2D eigenvalue weighted by Crippen LogP contribution is -2.07. The van der Waals surface area contributed by atoms with E-state index in [1.807, 2.05) is 0 Å². The van der Waals surface area contributed by atoms with Crippen LogP contribution in [0.3, 0.4) is 0 Å². The topological polar surface area (TPSA) is 95.7 Å². The van der Waals surface area contributed by atoms with Gasteiger partial charge in [-0.15, -0.1) is 0 Å². The van der Waals surface area contributed by atoms with Gasteiger partial charge in [0.2, 0.25) is 0 Å². The summed E-state index contributed by atoms with van der Waals surface area (Å²) in [4.78, 5) is 0. The van der Waals surface area contributed by atoms with Crippen LogP contribution in [-0.4, -0.2) is 22.4 Å². The minimum absolute atomic E-state index is 0. The van der Waals surface area contributed by atoms with E-state index in [1.54, 1.807) is 0 Å². The van der Waals surface area contributed by atoms with E-state index in [0.29, 0.717) is 0 Å². The van der Waals surface area contributed by atoms with Crippen molar-refractivity contribution in [3.05, 3.63) is 0 Å². The molecule has 0 fully saturated rings. The molecular weight excluding hydrogens is 91.8 g/mol. The van der Waals surface area contributed by atoms with Crippen LogP contribution in [-0.2, 0) is 0 Å². The molecule has 0 spiro atoms. The summed E-state index contributed by atoms with van der Waals surface area (Å²) >= 11 is 0. The van der Waals surface area contributed by atoms with Crippen molar-refractivity contribution >= 4 is 7.32 Å². The zero-order valence-electron chi connectivity index (χ0n) is 3.03. The van der Waals surface area contributed by atoms with Gasteiger partial charge in [0, 0.05) is 0 Å². The highest BCUT2D eigenvalue weighted by Gasteiger charge is 1.92. The molecule has 0 heterocycles. The van der Waals surface area contributed by atoms with Gasteiger partial charge in [0.05, 0.1) is 0 Å². The van der Waals surface area contributed by atoms with Crippen molar-refractivity contribution < 1.29 is 19.8 Å². The molecule has 0 atom stereocenters. The highest BCUT2D eigenvalue weighted by molar-refractivity contribution is 6.30. The Morgan fingerprint density at radius 1 is 1.00 bits per heavy atom. The van der Waals surface area contributed by atoms with Crippen molar-refractivity contribution in [1.82, 2.24) is 6.15 Å². The fourth-order valence-corrected chi connectivity index (χ4v) is 0. The molecule has 6 heavy (non-hydrogen) atoms. The second-order valence-electron chi connectivity index (χ2n) is 0.346. The predicted octanol–water partition coefficient (Wildman–Crippen LogP) is -1.74. The third kappa shape index (κ3) is 1130. The highest BCUT2D eigenvalue weighted by atomic mass is 19.0. The van der Waals surface area contributed by atoms with Crippen molar-refractivity contribution in [3.8, 4) is 0 Å². The molecule has 6 heteroatoms. The van der Waals surface area contributed by atoms with E-state index in [2.05, 4.69) is 0 Å². The van der Waals surface area contributed by atoms with E-state index < -0.39 is 7.32 Å². The Bertz CT molecular complexity index is 15.5. The molecular formula is H7BFNO3. The van der Waals surface area contributed by atoms with Gasteiger partial charge in [-0.1, -0.05) is 0 Å². The first kappa shape index (κ1) is 17.0. The normalized spacial score (nSPS) is 4.50. The van der Waals surface area contributed by atoms with Crippen LogP contribution in [0.15, 0.2) is 0 Å². The highest BCUT2D eigenvalue weighted by Crippen LogP contribution is 1.40. The molecule has 0 saturated carbocycles. The maximum absolute atomic E-state index is 7.17. The summed E-state index contributed by atoms with van der Waals surface area (Å²) in [6.07, 6.45) is 0. The Hall–Kier alpha value is -0.165. The van der Waals surface area contributed by atoms with Gasteiger partial charge in [-0.2, -0.15) is 0 Å². The quantitative estimate of drug-likeness (QED) is 0.271. The molecule has 0 unspecified atom stereocenters. The van der Waals surface area contributed by atoms with Gasteiger partial charge >= 0.3 is 7.32 Å². The number of rotatable bonds is 0. The molecule has 0 aromatic carbocycles. The molecule has 0 aliphatic heterocycles. The van der Waals surface area contributed by atoms with E-state index in [0.717, 1.165) is 0 Å². The standard InChI is InChI=1S/BH3O3.FH.H3N/c2-1(3)4;;/h2-4H;1H;1H3. The summed E-state index contributed by atoms with van der Waals surface area (Å²) in [6, 6.07) is 0. The summed E-state index contributed by atoms with van der Waals surface area (Å²) in [5.74, 6) is 0. The maximum Gasteiger partial charge on any atom is 0.631 e. The summed E-state index contributed by atoms with van der Waals surface area (Å²) in [7, 11) is -2.17. The number of hydrogen-bond donors (Lipinski definition) is 4. The van der Waals surface area contributed by atoms with Crippen molar-refractivity contribution in [2.75, 3.05) is 0 Å². The fourth-order valence-electron chi connectivity index (χ4n) is 0. The molecule has 0 bridgehead atoms. The van der Waals surface area contributed by atoms with Gasteiger partial charge in [0.15, 0.2) is 0 Å². The molecule has 0 aromatic rings. The Kier molecular flexibility index (Phi) is 25.0. The van der Waals surface area contributed by atoms with Crippen LogP contribution < -0.4 is 6.15 Å². The van der Waals surface area contributed by atoms with Gasteiger partial charge in [-0.25, -0.2) is 0 Å². The summed E-state index contributed by atoms with van der Waals surface area (Å²) < 4.78 is 0. The van der Waals surface area contributed by atoms with Gasteiger partial charge in [-0.3, -0.25) is 4.70 Å². The second-order valence-corrected chi connectivity index (χ2v) is 0.346. The molecule has 0 amide bonds. The summed E-state index contributed by atoms with van der Waals surface area (Å²) in [5, 5.41) is 21.5. The predicted molar refractivity (Wildman–Crippen MR) is 19.9 cm³/mol. The lowest BCUT2D eigenvalue weighted by atomic mass is 10.3. The zero-order chi connectivity index (χ0) is 3.58. The molecule has 0 rings (SSSR count). The molecule has 6 N–H and O–H groups in total. The first-order valence-electron chi connectivity index (χ1n) is 0.775. The smallest absolute Gasteiger partial charge is 0.402 e. The molecule has 0 aliphatic rings. The monoisotopic (exact) mass is 99.1 g/mol. The third-order valence-electron chi connectivity index (χ3n) is 0. The van der Waals surface area contributed by atoms with E-state index in [4.69, 9.17) is 15.1 Å². The zero-order valence-corrected chi connectivity index (χ0v) is 3.03. The van der Waals surface area contributed by atoms with Crippen LogP contribution in [0.2, 0.25) is 0 Å². The maximum atomic E-state index is 7.17. The molecule has 0 aliphatic carbocycles. The Morgan fingerprint density at radius 2 is 1.00 bits per heavy atom. The molecule has 4 nitrogen and oxygen atoms in total. The van der Waals surface area contributed by atoms with Crippen LogP contribution in [0.1, 0.15) is 0 Å². The Labute approximate surface area is 34.5 Å². The van der Waals surface area contributed by atoms with Gasteiger partial charge < -0.3 is 21.2 Å². The number of hydrogen-bond acceptors (Lipinski definition) is 4. The first-order chi connectivity index (χ1) is 1.73. The van der Waals surface area contributed by atoms with E-state index in [1.165, 1.54) is 0 Å². The van der Waals surface area contributed by atoms with E-state index in [9.17, 15) is 0 Å². The third-order valence-corrected chi connectivity index (χ3v) is 0. The molecule has 40 valence electrons. The lowest BCUT2D eigenvalue weighted by Gasteiger charge is -1.69. The van der Waals surface area contributed by atoms with E-state index in [-0.39, 0.29) is 10.9 Å². The Morgan fingerprint density at radius 3 is 1.00 bits per heavy atom. The van der Waals surface area contributed by atoms with Crippen LogP contribution in [0, 0.1) is 0 Å². The molecule has 0 radical (unpaired) electrons. The van der Waals surface area contributed by atoms with Gasteiger partial charge in [-0.05, 0) is 0 Å². The SMILES string of the molecule is F.N.OB(O)O. The van der Waals surface area contributed by atoms with E-state index >= 15 is 0 Å². The van der Waals surface area contributed by atoms with Crippen molar-refractivity contribution in [2.24, 2.45) is 0 Å². The average molecular weight is 98.9 g/mol. The minimum atomic E-state index is -2.17. The molecule has 0 saturated heterocycles. The van der Waals surface area contributed by atoms with Crippen LogP contribution >= 0.6 is 0 Å². The van der Waals surface area contributed by atoms with Gasteiger partial charge in [0.25, 0.3) is 0 Å². The Balaban J connectivity index is -0.0000000450. The average Bonchev–Trinajstić information content (AvgIpc) is 0.811. The largest absolute Gasteiger partial charge is 0.631 e. The second kappa shape index (κ2) is 8.85. The van der Waals surface area contributed by atoms with Crippen LogP contribution in [0.25, 0.3) is 0 Å². The van der Waals surface area contributed by atoms with Gasteiger partial charge in [0.1, 0.15) is 0 Å². The molecule has 0 aromatic heterocycles.